The minimum Gasteiger partial charge on any atom is -0.493 e. The Balaban J connectivity index is 0.00000338. The number of nitrogens with zero attached hydrogens (tertiary/aromatic N) is 2. The molecule has 0 radical (unpaired) electrons. The van der Waals surface area contributed by atoms with Gasteiger partial charge in [0.25, 0.3) is 0 Å². The third-order valence-electron chi connectivity index (χ3n) is 3.72. The number of aromatic nitrogens is 1. The first-order valence-corrected chi connectivity index (χ1v) is 9.22. The first-order chi connectivity index (χ1) is 12.2. The molecule has 0 aliphatic rings. The van der Waals surface area contributed by atoms with Gasteiger partial charge < -0.3 is 20.5 Å². The molecular formula is C18H27IN4O2S. The van der Waals surface area contributed by atoms with Gasteiger partial charge in [-0.05, 0) is 30.5 Å². The number of hydrogen-bond donors (Lipinski definition) is 2. The molecule has 26 heavy (non-hydrogen) atoms. The average molecular weight is 490 g/mol. The molecule has 0 aliphatic carbocycles. The Kier molecular flexibility index (Phi) is 10.3. The molecule has 0 fully saturated rings. The Bertz CT molecular complexity index is 706. The topological polar surface area (TPSA) is 81.8 Å². The number of thiazole rings is 1. The van der Waals surface area contributed by atoms with Crippen molar-refractivity contribution in [3.8, 4) is 11.5 Å². The smallest absolute Gasteiger partial charge is 0.188 e. The van der Waals surface area contributed by atoms with Crippen LogP contribution in [0.4, 0.5) is 0 Å². The lowest BCUT2D eigenvalue weighted by Crippen LogP contribution is -2.33. The lowest BCUT2D eigenvalue weighted by Gasteiger charge is -2.10. The van der Waals surface area contributed by atoms with Crippen LogP contribution < -0.4 is 20.5 Å². The maximum atomic E-state index is 5.91. The van der Waals surface area contributed by atoms with E-state index in [0.717, 1.165) is 42.0 Å². The van der Waals surface area contributed by atoms with E-state index < -0.39 is 0 Å². The van der Waals surface area contributed by atoms with Crippen LogP contribution >= 0.6 is 35.3 Å². The van der Waals surface area contributed by atoms with Gasteiger partial charge in [0.2, 0.25) is 0 Å². The Hall–Kier alpha value is -1.55. The molecule has 0 aliphatic heterocycles. The molecule has 1 heterocycles. The average Bonchev–Trinajstić information content (AvgIpc) is 3.09. The number of methoxy groups -OCH3 is 2. The predicted octanol–water partition coefficient (Wildman–Crippen LogP) is 3.03. The number of aryl methyl sites for hydroxylation is 1. The minimum atomic E-state index is 0. The largest absolute Gasteiger partial charge is 0.493 e. The van der Waals surface area contributed by atoms with Crippen LogP contribution in [0.15, 0.2) is 28.6 Å². The summed E-state index contributed by atoms with van der Waals surface area (Å²) in [5.74, 6) is 1.93. The Morgan fingerprint density at radius 2 is 2.00 bits per heavy atom. The molecule has 1 aromatic heterocycles. The van der Waals surface area contributed by atoms with Gasteiger partial charge >= 0.3 is 0 Å². The summed E-state index contributed by atoms with van der Waals surface area (Å²) in [7, 11) is 3.27. The van der Waals surface area contributed by atoms with Gasteiger partial charge in [-0.25, -0.2) is 4.98 Å². The maximum absolute atomic E-state index is 5.91. The van der Waals surface area contributed by atoms with Crippen molar-refractivity contribution in [1.82, 2.24) is 10.3 Å². The SMILES string of the molecule is CCc1nc(CCN=C(N)NCCc2ccc(OC)c(OC)c2)cs1.I. The van der Waals surface area contributed by atoms with Crippen LogP contribution in [0.25, 0.3) is 0 Å². The molecule has 2 aromatic rings. The summed E-state index contributed by atoms with van der Waals surface area (Å²) in [6.07, 6.45) is 2.62. The third-order valence-corrected chi connectivity index (χ3v) is 4.76. The molecule has 0 saturated carbocycles. The monoisotopic (exact) mass is 490 g/mol. The molecule has 8 heteroatoms. The first-order valence-electron chi connectivity index (χ1n) is 8.34. The van der Waals surface area contributed by atoms with Crippen molar-refractivity contribution < 1.29 is 9.47 Å². The molecule has 6 nitrogen and oxygen atoms in total. The second-order valence-corrected chi connectivity index (χ2v) is 6.41. The second kappa shape index (κ2) is 11.9. The number of nitrogens with two attached hydrogens (primary N) is 1. The van der Waals surface area contributed by atoms with Crippen molar-refractivity contribution in [2.75, 3.05) is 27.3 Å². The number of guanidine groups is 1. The molecule has 0 amide bonds. The highest BCUT2D eigenvalue weighted by Crippen LogP contribution is 2.27. The summed E-state index contributed by atoms with van der Waals surface area (Å²) in [5.41, 5.74) is 8.14. The highest BCUT2D eigenvalue weighted by atomic mass is 127. The van der Waals surface area contributed by atoms with Crippen LogP contribution in [0.2, 0.25) is 0 Å². The molecule has 1 aromatic carbocycles. The van der Waals surface area contributed by atoms with E-state index in [1.165, 1.54) is 5.01 Å². The van der Waals surface area contributed by atoms with Gasteiger partial charge in [0, 0.05) is 24.9 Å². The zero-order chi connectivity index (χ0) is 18.1. The van der Waals surface area contributed by atoms with Crippen molar-refractivity contribution in [3.05, 3.63) is 39.8 Å². The predicted molar refractivity (Wildman–Crippen MR) is 118 cm³/mol. The zero-order valence-electron chi connectivity index (χ0n) is 15.4. The van der Waals surface area contributed by atoms with Gasteiger partial charge in [-0.15, -0.1) is 35.3 Å². The summed E-state index contributed by atoms with van der Waals surface area (Å²) in [6.45, 7) is 3.46. The lowest BCUT2D eigenvalue weighted by atomic mass is 10.1. The van der Waals surface area contributed by atoms with Gasteiger partial charge in [-0.3, -0.25) is 4.99 Å². The van der Waals surface area contributed by atoms with Crippen LogP contribution in [0.1, 0.15) is 23.2 Å². The van der Waals surface area contributed by atoms with E-state index in [0.29, 0.717) is 19.0 Å². The van der Waals surface area contributed by atoms with E-state index in [9.17, 15) is 0 Å². The van der Waals surface area contributed by atoms with Crippen LogP contribution in [0, 0.1) is 0 Å². The highest BCUT2D eigenvalue weighted by Gasteiger charge is 2.04. The molecule has 0 spiro atoms. The molecule has 3 N–H and O–H groups in total. The van der Waals surface area contributed by atoms with Gasteiger partial charge in [-0.2, -0.15) is 0 Å². The van der Waals surface area contributed by atoms with Crippen molar-refractivity contribution >= 4 is 41.3 Å². The zero-order valence-corrected chi connectivity index (χ0v) is 18.6. The number of nitrogens with one attached hydrogen (secondary N) is 1. The van der Waals surface area contributed by atoms with E-state index in [1.807, 2.05) is 18.2 Å². The summed E-state index contributed by atoms with van der Waals surface area (Å²) in [6, 6.07) is 5.90. The Labute approximate surface area is 176 Å². The van der Waals surface area contributed by atoms with E-state index >= 15 is 0 Å². The number of halogens is 1. The number of aliphatic imine (C=N–C) groups is 1. The third kappa shape index (κ3) is 6.99. The summed E-state index contributed by atoms with van der Waals surface area (Å²) >= 11 is 1.70. The Morgan fingerprint density at radius 1 is 1.23 bits per heavy atom. The van der Waals surface area contributed by atoms with Crippen LogP contribution in [-0.4, -0.2) is 38.3 Å². The van der Waals surface area contributed by atoms with E-state index in [-0.39, 0.29) is 24.0 Å². The van der Waals surface area contributed by atoms with E-state index in [1.54, 1.807) is 25.6 Å². The van der Waals surface area contributed by atoms with E-state index in [4.69, 9.17) is 15.2 Å². The number of hydrogen-bond acceptors (Lipinski definition) is 5. The highest BCUT2D eigenvalue weighted by molar-refractivity contribution is 14.0. The first kappa shape index (κ1) is 22.5. The van der Waals surface area contributed by atoms with Crippen molar-refractivity contribution in [2.24, 2.45) is 10.7 Å². The molecule has 144 valence electrons. The Morgan fingerprint density at radius 3 is 2.65 bits per heavy atom. The molecule has 0 bridgehead atoms. The quantitative estimate of drug-likeness (QED) is 0.321. The fourth-order valence-electron chi connectivity index (χ4n) is 2.34. The van der Waals surface area contributed by atoms with Crippen molar-refractivity contribution in [3.63, 3.8) is 0 Å². The standard InChI is InChI=1S/C18H26N4O2S.HI/c1-4-17-22-14(12-25-17)8-10-21-18(19)20-9-7-13-5-6-15(23-2)16(11-13)24-3;/h5-6,11-12H,4,7-10H2,1-3H3,(H3,19,20,21);1H. The molecule has 0 saturated heterocycles. The van der Waals surface area contributed by atoms with Gasteiger partial charge in [-0.1, -0.05) is 13.0 Å². The number of rotatable bonds is 9. The number of benzene rings is 1. The molecular weight excluding hydrogens is 463 g/mol. The fourth-order valence-corrected chi connectivity index (χ4v) is 3.12. The van der Waals surface area contributed by atoms with Gasteiger partial charge in [0.1, 0.15) is 0 Å². The minimum absolute atomic E-state index is 0. The van der Waals surface area contributed by atoms with Crippen LogP contribution in [0.5, 0.6) is 11.5 Å². The van der Waals surface area contributed by atoms with Crippen molar-refractivity contribution in [2.45, 2.75) is 26.2 Å². The van der Waals surface area contributed by atoms with Crippen LogP contribution in [-0.2, 0) is 19.3 Å². The second-order valence-electron chi connectivity index (χ2n) is 5.47. The maximum Gasteiger partial charge on any atom is 0.188 e. The lowest BCUT2D eigenvalue weighted by molar-refractivity contribution is 0.354. The summed E-state index contributed by atoms with van der Waals surface area (Å²) in [5, 5.41) is 6.40. The van der Waals surface area contributed by atoms with Crippen LogP contribution in [0.3, 0.4) is 0 Å². The number of ether oxygens (including phenoxy) is 2. The molecule has 0 unspecified atom stereocenters. The van der Waals surface area contributed by atoms with Gasteiger partial charge in [0.05, 0.1) is 24.9 Å². The molecule has 2 rings (SSSR count). The fraction of sp³-hybridized carbons (Fsp3) is 0.444. The van der Waals surface area contributed by atoms with E-state index in [2.05, 4.69) is 27.6 Å². The molecule has 0 atom stereocenters. The summed E-state index contributed by atoms with van der Waals surface area (Å²) < 4.78 is 10.5. The van der Waals surface area contributed by atoms with Gasteiger partial charge in [0.15, 0.2) is 17.5 Å². The van der Waals surface area contributed by atoms with Crippen molar-refractivity contribution in [1.29, 1.82) is 0 Å². The summed E-state index contributed by atoms with van der Waals surface area (Å²) in [4.78, 5) is 8.87. The normalized spacial score (nSPS) is 11.0.